The molecule has 0 spiro atoms. The zero-order chi connectivity index (χ0) is 29.2. The molecule has 0 aliphatic heterocycles. The second kappa shape index (κ2) is 34.6. The molecule has 0 radical (unpaired) electrons. The second-order valence-corrected chi connectivity index (χ2v) is 12.3. The smallest absolute Gasteiger partial charge is 0.127 e. The highest BCUT2D eigenvalue weighted by Gasteiger charge is 2.10. The molecule has 0 aliphatic carbocycles. The molecule has 0 aromatic heterocycles. The number of methoxy groups -OCH3 is 1. The number of oxime groups is 1. The Labute approximate surface area is 252 Å². The molecule has 0 saturated carbocycles. The van der Waals surface area contributed by atoms with Crippen LogP contribution in [-0.2, 0) is 14.3 Å². The van der Waals surface area contributed by atoms with Crippen LogP contribution in [0.25, 0.3) is 0 Å². The third-order valence-electron chi connectivity index (χ3n) is 8.16. The summed E-state index contributed by atoms with van der Waals surface area (Å²) in [6.45, 7) is 8.63. The fourth-order valence-corrected chi connectivity index (χ4v) is 5.35. The van der Waals surface area contributed by atoms with E-state index in [-0.39, 0.29) is 6.10 Å². The fraction of sp³-hybridized carbons (Fsp3) is 0.972. The number of rotatable bonds is 34. The summed E-state index contributed by atoms with van der Waals surface area (Å²) in [5.74, 6) is 0. The van der Waals surface area contributed by atoms with Gasteiger partial charge in [-0.2, -0.15) is 0 Å². The summed E-state index contributed by atoms with van der Waals surface area (Å²) >= 11 is 0. The molecule has 0 aliphatic rings. The minimum absolute atomic E-state index is 0.274. The summed E-state index contributed by atoms with van der Waals surface area (Å²) in [5.41, 5.74) is 1.03. The summed E-state index contributed by atoms with van der Waals surface area (Å²) in [5, 5.41) is 4.50. The average Bonchev–Trinajstić information content (AvgIpc) is 2.96. The number of ether oxygens (including phenoxy) is 2. The first-order valence-electron chi connectivity index (χ1n) is 18.0. The Morgan fingerprint density at radius 3 is 1.25 bits per heavy atom. The minimum atomic E-state index is 0.274. The van der Waals surface area contributed by atoms with Gasteiger partial charge >= 0.3 is 0 Å². The van der Waals surface area contributed by atoms with E-state index in [0.717, 1.165) is 25.0 Å². The van der Waals surface area contributed by atoms with Gasteiger partial charge in [-0.25, -0.2) is 0 Å². The molecule has 0 heterocycles. The van der Waals surface area contributed by atoms with Crippen LogP contribution in [0.5, 0.6) is 0 Å². The third-order valence-corrected chi connectivity index (χ3v) is 8.16. The van der Waals surface area contributed by atoms with Crippen LogP contribution in [-0.4, -0.2) is 38.7 Å². The molecule has 0 rings (SSSR count). The van der Waals surface area contributed by atoms with E-state index in [1.165, 1.54) is 154 Å². The van der Waals surface area contributed by atoms with Gasteiger partial charge < -0.3 is 14.3 Å². The van der Waals surface area contributed by atoms with E-state index in [9.17, 15) is 0 Å². The largest absolute Gasteiger partial charge is 0.393 e. The molecular weight excluding hydrogens is 494 g/mol. The number of unbranched alkanes of at least 4 members (excludes halogenated alkanes) is 22. The molecule has 0 fully saturated rings. The molecule has 0 N–H and O–H groups in total. The maximum atomic E-state index is 6.09. The van der Waals surface area contributed by atoms with E-state index < -0.39 is 0 Å². The van der Waals surface area contributed by atoms with Crippen LogP contribution in [0.15, 0.2) is 5.16 Å². The Morgan fingerprint density at radius 2 is 0.875 bits per heavy atom. The van der Waals surface area contributed by atoms with Gasteiger partial charge in [0.05, 0.1) is 25.5 Å². The molecule has 4 heteroatoms. The Bertz CT molecular complexity index is 468. The highest BCUT2D eigenvalue weighted by molar-refractivity contribution is 5.81. The summed E-state index contributed by atoms with van der Waals surface area (Å²) in [6, 6.07) is 0. The van der Waals surface area contributed by atoms with Crippen molar-refractivity contribution < 1.29 is 14.3 Å². The van der Waals surface area contributed by atoms with Gasteiger partial charge in [-0.1, -0.05) is 160 Å². The van der Waals surface area contributed by atoms with Crippen LogP contribution in [0.1, 0.15) is 194 Å². The highest BCUT2D eigenvalue weighted by atomic mass is 16.6. The van der Waals surface area contributed by atoms with E-state index in [0.29, 0.717) is 19.8 Å². The van der Waals surface area contributed by atoms with Gasteiger partial charge in [0.2, 0.25) is 0 Å². The summed E-state index contributed by atoms with van der Waals surface area (Å²) < 4.78 is 10.6. The lowest BCUT2D eigenvalue weighted by Crippen LogP contribution is -2.12. The zero-order valence-corrected chi connectivity index (χ0v) is 28.0. The summed E-state index contributed by atoms with van der Waals surface area (Å²) in [4.78, 5) is 6.09. The van der Waals surface area contributed by atoms with Crippen molar-refractivity contribution in [3.8, 4) is 0 Å². The first kappa shape index (κ1) is 39.4. The van der Waals surface area contributed by atoms with Crippen molar-refractivity contribution >= 4 is 5.71 Å². The van der Waals surface area contributed by atoms with Gasteiger partial charge in [0.25, 0.3) is 0 Å². The van der Waals surface area contributed by atoms with Gasteiger partial charge in [-0.05, 0) is 32.6 Å². The molecule has 0 atom stereocenters. The molecule has 240 valence electrons. The molecule has 0 saturated heterocycles. The Hall–Kier alpha value is -0.610. The van der Waals surface area contributed by atoms with Gasteiger partial charge in [-0.3, -0.25) is 0 Å². The van der Waals surface area contributed by atoms with Crippen LogP contribution in [0, 0.1) is 0 Å². The predicted molar refractivity (Wildman–Crippen MR) is 177 cm³/mol. The normalized spacial score (nSPS) is 12.1. The van der Waals surface area contributed by atoms with Crippen molar-refractivity contribution in [2.45, 2.75) is 200 Å². The molecule has 4 nitrogen and oxygen atoms in total. The van der Waals surface area contributed by atoms with E-state index in [4.69, 9.17) is 14.3 Å². The van der Waals surface area contributed by atoms with Crippen LogP contribution in [0.3, 0.4) is 0 Å². The standard InChI is InChI=1S/C36H73NO3/c1-5-7-9-11-13-15-17-19-21-23-25-27-29-36(40-37-35(3)31-32-39-34-33-38-4)30-28-26-24-22-20-18-16-14-12-10-8-6-2/h36H,5-34H2,1-4H3/b37-35+. The molecule has 0 aromatic carbocycles. The van der Waals surface area contributed by atoms with Gasteiger partial charge in [0.1, 0.15) is 6.10 Å². The molecular formula is C36H73NO3. The Kier molecular flexibility index (Phi) is 34.1. The summed E-state index contributed by atoms with van der Waals surface area (Å²) in [7, 11) is 1.71. The van der Waals surface area contributed by atoms with E-state index in [2.05, 4.69) is 25.9 Å². The molecule has 40 heavy (non-hydrogen) atoms. The third kappa shape index (κ3) is 31.9. The lowest BCUT2D eigenvalue weighted by Gasteiger charge is -2.16. The zero-order valence-electron chi connectivity index (χ0n) is 28.0. The van der Waals surface area contributed by atoms with Crippen LogP contribution in [0.4, 0.5) is 0 Å². The SMILES string of the molecule is CCCCCCCCCCCCCCC(CCCCCCCCCCCCCC)O/N=C(\C)CCOCCOC. The quantitative estimate of drug-likeness (QED) is 0.0441. The first-order chi connectivity index (χ1) is 19.7. The average molecular weight is 568 g/mol. The first-order valence-corrected chi connectivity index (χ1v) is 18.0. The topological polar surface area (TPSA) is 40.0 Å². The predicted octanol–water partition coefficient (Wildman–Crippen LogP) is 12.0. The van der Waals surface area contributed by atoms with Crippen molar-refractivity contribution in [2.24, 2.45) is 5.16 Å². The van der Waals surface area contributed by atoms with E-state index in [1.807, 2.05) is 0 Å². The van der Waals surface area contributed by atoms with Crippen molar-refractivity contribution in [1.29, 1.82) is 0 Å². The lowest BCUT2D eigenvalue weighted by atomic mass is 10.0. The minimum Gasteiger partial charge on any atom is -0.393 e. The molecule has 0 bridgehead atoms. The Morgan fingerprint density at radius 1 is 0.500 bits per heavy atom. The maximum Gasteiger partial charge on any atom is 0.127 e. The number of hydrogen-bond acceptors (Lipinski definition) is 4. The van der Waals surface area contributed by atoms with E-state index in [1.54, 1.807) is 7.11 Å². The van der Waals surface area contributed by atoms with Crippen LogP contribution < -0.4 is 0 Å². The fourth-order valence-electron chi connectivity index (χ4n) is 5.35. The second-order valence-electron chi connectivity index (χ2n) is 12.3. The van der Waals surface area contributed by atoms with E-state index >= 15 is 0 Å². The number of hydrogen-bond donors (Lipinski definition) is 0. The Balaban J connectivity index is 4.05. The molecule has 0 unspecified atom stereocenters. The summed E-state index contributed by atoms with van der Waals surface area (Å²) in [6.07, 6.45) is 36.9. The number of nitrogens with zero attached hydrogens (tertiary/aromatic N) is 1. The van der Waals surface area contributed by atoms with Gasteiger partial charge in [0, 0.05) is 13.5 Å². The van der Waals surface area contributed by atoms with Crippen LogP contribution >= 0.6 is 0 Å². The van der Waals surface area contributed by atoms with Gasteiger partial charge in [0.15, 0.2) is 0 Å². The molecule has 0 aromatic rings. The van der Waals surface area contributed by atoms with Gasteiger partial charge in [-0.15, -0.1) is 0 Å². The monoisotopic (exact) mass is 568 g/mol. The van der Waals surface area contributed by atoms with Crippen molar-refractivity contribution in [3.05, 3.63) is 0 Å². The highest BCUT2D eigenvalue weighted by Crippen LogP contribution is 2.18. The van der Waals surface area contributed by atoms with Crippen LogP contribution in [0.2, 0.25) is 0 Å². The maximum absolute atomic E-state index is 6.09. The molecule has 0 amide bonds. The lowest BCUT2D eigenvalue weighted by molar-refractivity contribution is 0.0413. The van der Waals surface area contributed by atoms with Crippen molar-refractivity contribution in [2.75, 3.05) is 26.9 Å². The van der Waals surface area contributed by atoms with Crippen molar-refractivity contribution in [1.82, 2.24) is 0 Å². The van der Waals surface area contributed by atoms with Crippen molar-refractivity contribution in [3.63, 3.8) is 0 Å².